The Bertz CT molecular complexity index is 913. The summed E-state index contributed by atoms with van der Waals surface area (Å²) in [4.78, 5) is 13.1. The van der Waals surface area contributed by atoms with E-state index in [1.165, 1.54) is 148 Å². The van der Waals surface area contributed by atoms with Gasteiger partial charge in [0.05, 0.1) is 25.4 Å². The number of ether oxygens (including phenoxy) is 2. The van der Waals surface area contributed by atoms with Gasteiger partial charge in [-0.3, -0.25) is 4.79 Å². The zero-order chi connectivity index (χ0) is 42.6. The van der Waals surface area contributed by atoms with Crippen LogP contribution in [0.5, 0.6) is 0 Å². The maximum atomic E-state index is 13.1. The van der Waals surface area contributed by atoms with Crippen molar-refractivity contribution < 1.29 is 50.0 Å². The minimum Gasteiger partial charge on any atom is -0.394 e. The van der Waals surface area contributed by atoms with Crippen molar-refractivity contribution >= 4 is 5.91 Å². The van der Waals surface area contributed by atoms with Gasteiger partial charge in [0.15, 0.2) is 6.29 Å². The third-order valence-corrected chi connectivity index (χ3v) is 12.2. The van der Waals surface area contributed by atoms with Crippen molar-refractivity contribution in [2.45, 2.75) is 281 Å². The molecule has 1 aliphatic heterocycles. The summed E-state index contributed by atoms with van der Waals surface area (Å²) in [6.45, 7) is 3.46. The van der Waals surface area contributed by atoms with Crippen molar-refractivity contribution in [2.24, 2.45) is 0 Å². The monoisotopic (exact) mass is 832 g/mol. The number of hydrogen-bond donors (Lipinski definition) is 8. The standard InChI is InChI=1S/C47H93NO10/c1-3-5-7-9-11-13-15-17-19-21-22-24-26-28-30-32-34-39(50)42(52)38(37-57-47-45(55)44(54)43(53)41(36-49)58-47)48-46(56)40(51)35-33-31-29-27-25-23-20-18-16-14-12-10-8-6-4-2/h38-45,47,49-55H,3-37H2,1-2H3,(H,48,56). The summed E-state index contributed by atoms with van der Waals surface area (Å²) >= 11 is 0. The normalized spacial score (nSPS) is 21.8. The van der Waals surface area contributed by atoms with Crippen LogP contribution in [0.1, 0.15) is 226 Å². The molecule has 8 N–H and O–H groups in total. The summed E-state index contributed by atoms with van der Waals surface area (Å²) < 4.78 is 11.1. The van der Waals surface area contributed by atoms with Crippen LogP contribution in [0.3, 0.4) is 0 Å². The maximum absolute atomic E-state index is 13.1. The van der Waals surface area contributed by atoms with Crippen molar-refractivity contribution in [3.05, 3.63) is 0 Å². The van der Waals surface area contributed by atoms with Crippen molar-refractivity contribution in [1.29, 1.82) is 0 Å². The van der Waals surface area contributed by atoms with Gasteiger partial charge in [0.25, 0.3) is 0 Å². The molecule has 346 valence electrons. The Balaban J connectivity index is 2.42. The van der Waals surface area contributed by atoms with Crippen molar-refractivity contribution in [1.82, 2.24) is 5.32 Å². The molecule has 1 amide bonds. The zero-order valence-electron chi connectivity index (χ0n) is 37.3. The SMILES string of the molecule is CCCCCCCCCCCCCCCCCCC(O)C(O)C(COC1OC(CO)C(O)C(O)C1O)NC(=O)C(O)CCCCCCCCCCCCCCCCC. The lowest BCUT2D eigenvalue weighted by atomic mass is 9.98. The van der Waals surface area contributed by atoms with Crippen LogP contribution < -0.4 is 5.32 Å². The minimum absolute atomic E-state index is 0.266. The Kier molecular flexibility index (Phi) is 36.0. The highest BCUT2D eigenvalue weighted by Gasteiger charge is 2.44. The van der Waals surface area contributed by atoms with E-state index >= 15 is 0 Å². The molecule has 1 saturated heterocycles. The number of nitrogens with one attached hydrogen (secondary N) is 1. The van der Waals surface area contributed by atoms with Gasteiger partial charge in [-0.2, -0.15) is 0 Å². The highest BCUT2D eigenvalue weighted by atomic mass is 16.7. The molecule has 1 aliphatic rings. The molecule has 0 aromatic carbocycles. The number of hydrogen-bond acceptors (Lipinski definition) is 10. The topological polar surface area (TPSA) is 189 Å². The van der Waals surface area contributed by atoms with Gasteiger partial charge in [-0.1, -0.05) is 213 Å². The summed E-state index contributed by atoms with van der Waals surface area (Å²) in [5.41, 5.74) is 0. The van der Waals surface area contributed by atoms with Crippen molar-refractivity contribution in [3.63, 3.8) is 0 Å². The fourth-order valence-electron chi connectivity index (χ4n) is 8.09. The molecule has 1 fully saturated rings. The van der Waals surface area contributed by atoms with E-state index < -0.39 is 74.2 Å². The highest BCUT2D eigenvalue weighted by Crippen LogP contribution is 2.23. The number of unbranched alkanes of at least 4 members (excludes halogenated alkanes) is 29. The first-order chi connectivity index (χ1) is 28.2. The maximum Gasteiger partial charge on any atom is 0.249 e. The minimum atomic E-state index is -1.66. The van der Waals surface area contributed by atoms with Crippen LogP contribution in [0.4, 0.5) is 0 Å². The number of rotatable bonds is 41. The van der Waals surface area contributed by atoms with E-state index in [-0.39, 0.29) is 6.42 Å². The van der Waals surface area contributed by atoms with E-state index in [4.69, 9.17) is 9.47 Å². The average molecular weight is 832 g/mol. The second kappa shape index (κ2) is 37.8. The third kappa shape index (κ3) is 27.1. The molecule has 58 heavy (non-hydrogen) atoms. The first-order valence-corrected chi connectivity index (χ1v) is 24.4. The molecule has 11 heteroatoms. The van der Waals surface area contributed by atoms with E-state index in [0.29, 0.717) is 19.3 Å². The van der Waals surface area contributed by atoms with Crippen molar-refractivity contribution in [3.8, 4) is 0 Å². The Morgan fingerprint density at radius 3 is 1.28 bits per heavy atom. The van der Waals surface area contributed by atoms with Gasteiger partial charge < -0.3 is 50.5 Å². The number of aliphatic hydroxyl groups is 7. The number of aliphatic hydroxyl groups excluding tert-OH is 7. The lowest BCUT2D eigenvalue weighted by molar-refractivity contribution is -0.303. The van der Waals surface area contributed by atoms with Crippen LogP contribution in [-0.2, 0) is 14.3 Å². The molecule has 0 radical (unpaired) electrons. The molecule has 9 atom stereocenters. The molecule has 1 rings (SSSR count). The van der Waals surface area contributed by atoms with Crippen LogP contribution in [-0.4, -0.2) is 110 Å². The Morgan fingerprint density at radius 1 is 0.534 bits per heavy atom. The van der Waals surface area contributed by atoms with Crippen LogP contribution in [0.25, 0.3) is 0 Å². The Morgan fingerprint density at radius 2 is 0.897 bits per heavy atom. The molecule has 0 bridgehead atoms. The number of carbonyl (C=O) groups excluding carboxylic acids is 1. The number of carbonyl (C=O) groups is 1. The van der Waals surface area contributed by atoms with Crippen molar-refractivity contribution in [2.75, 3.05) is 13.2 Å². The largest absolute Gasteiger partial charge is 0.394 e. The van der Waals surface area contributed by atoms with E-state index in [1.807, 2.05) is 0 Å². The Hall–Kier alpha value is -0.890. The molecule has 0 aliphatic carbocycles. The molecule has 11 nitrogen and oxygen atoms in total. The number of amides is 1. The molecule has 9 unspecified atom stereocenters. The predicted molar refractivity (Wildman–Crippen MR) is 233 cm³/mol. The summed E-state index contributed by atoms with van der Waals surface area (Å²) in [6.07, 6.45) is 27.1. The molecule has 0 aromatic rings. The average Bonchev–Trinajstić information content (AvgIpc) is 3.22. The molecule has 0 aromatic heterocycles. The summed E-state index contributed by atoms with van der Waals surface area (Å²) in [5.74, 6) is -0.693. The third-order valence-electron chi connectivity index (χ3n) is 12.2. The quantitative estimate of drug-likeness (QED) is 0.0279. The van der Waals surface area contributed by atoms with Crippen LogP contribution in [0, 0.1) is 0 Å². The first-order valence-electron chi connectivity index (χ1n) is 24.4. The summed E-state index contributed by atoms with van der Waals surface area (Å²) in [5, 5.41) is 75.8. The van der Waals surface area contributed by atoms with Gasteiger partial charge in [0, 0.05) is 0 Å². The fourth-order valence-corrected chi connectivity index (χ4v) is 8.09. The second-order valence-electron chi connectivity index (χ2n) is 17.5. The smallest absolute Gasteiger partial charge is 0.249 e. The van der Waals surface area contributed by atoms with E-state index in [2.05, 4.69) is 19.2 Å². The predicted octanol–water partition coefficient (Wildman–Crippen LogP) is 8.28. The van der Waals surface area contributed by atoms with Gasteiger partial charge in [-0.15, -0.1) is 0 Å². The van der Waals surface area contributed by atoms with Gasteiger partial charge in [0.1, 0.15) is 36.6 Å². The lowest BCUT2D eigenvalue weighted by Gasteiger charge is -2.40. The summed E-state index contributed by atoms with van der Waals surface area (Å²) in [7, 11) is 0. The van der Waals surface area contributed by atoms with Gasteiger partial charge in [0.2, 0.25) is 5.91 Å². The van der Waals surface area contributed by atoms with E-state index in [0.717, 1.165) is 38.5 Å². The van der Waals surface area contributed by atoms with Crippen LogP contribution in [0.15, 0.2) is 0 Å². The molecular formula is C47H93NO10. The van der Waals surface area contributed by atoms with Gasteiger partial charge >= 0.3 is 0 Å². The van der Waals surface area contributed by atoms with Gasteiger partial charge in [-0.05, 0) is 12.8 Å². The van der Waals surface area contributed by atoms with E-state index in [1.54, 1.807) is 0 Å². The first kappa shape index (κ1) is 55.1. The Labute approximate surface area is 354 Å². The van der Waals surface area contributed by atoms with Crippen LogP contribution in [0.2, 0.25) is 0 Å². The lowest BCUT2D eigenvalue weighted by Crippen LogP contribution is -2.60. The van der Waals surface area contributed by atoms with Crippen LogP contribution >= 0.6 is 0 Å². The second-order valence-corrected chi connectivity index (χ2v) is 17.5. The molecule has 0 saturated carbocycles. The molecule has 0 spiro atoms. The van der Waals surface area contributed by atoms with Gasteiger partial charge in [-0.25, -0.2) is 0 Å². The summed E-state index contributed by atoms with van der Waals surface area (Å²) in [6, 6.07) is -1.16. The van der Waals surface area contributed by atoms with E-state index in [9.17, 15) is 40.5 Å². The highest BCUT2D eigenvalue weighted by molar-refractivity contribution is 5.80. The zero-order valence-corrected chi connectivity index (χ0v) is 37.3. The fraction of sp³-hybridized carbons (Fsp3) is 0.979. The molecule has 1 heterocycles. The molecular weight excluding hydrogens is 739 g/mol.